The Morgan fingerprint density at radius 3 is 2.74 bits per heavy atom. The van der Waals surface area contributed by atoms with Gasteiger partial charge in [0.1, 0.15) is 6.33 Å². The molecule has 0 aliphatic rings. The molecule has 0 atom stereocenters. The van der Waals surface area contributed by atoms with Crippen molar-refractivity contribution in [3.63, 3.8) is 0 Å². The Morgan fingerprint density at radius 1 is 1.09 bits per heavy atom. The first-order valence-electron chi connectivity index (χ1n) is 10.6. The van der Waals surface area contributed by atoms with Crippen molar-refractivity contribution >= 4 is 47.1 Å². The van der Waals surface area contributed by atoms with Crippen molar-refractivity contribution in [1.82, 2.24) is 20.6 Å². The predicted octanol–water partition coefficient (Wildman–Crippen LogP) is 5.08. The van der Waals surface area contributed by atoms with Crippen molar-refractivity contribution in [2.75, 3.05) is 5.32 Å². The van der Waals surface area contributed by atoms with Crippen LogP contribution >= 0.6 is 23.4 Å². The maximum absolute atomic E-state index is 12.9. The van der Waals surface area contributed by atoms with Gasteiger partial charge in [-0.25, -0.2) is 10.4 Å². The number of H-pyrrole nitrogens is 1. The molecule has 0 radical (unpaired) electrons. The fourth-order valence-electron chi connectivity index (χ4n) is 3.20. The largest absolute Gasteiger partial charge is 0.321 e. The molecule has 1 heterocycles. The molecule has 0 aliphatic heterocycles. The zero-order valence-electron chi connectivity index (χ0n) is 18.7. The first-order valence-corrected chi connectivity index (χ1v) is 11.9. The lowest BCUT2D eigenvalue weighted by atomic mass is 10.1. The van der Waals surface area contributed by atoms with Gasteiger partial charge in [-0.3, -0.25) is 14.7 Å². The minimum atomic E-state index is -0.496. The van der Waals surface area contributed by atoms with Crippen LogP contribution in [0.3, 0.4) is 0 Å². The molecule has 4 aromatic rings. The second-order valence-corrected chi connectivity index (χ2v) is 8.94. The van der Waals surface area contributed by atoms with Crippen molar-refractivity contribution in [1.29, 1.82) is 0 Å². The van der Waals surface area contributed by atoms with Crippen molar-refractivity contribution in [3.8, 4) is 0 Å². The van der Waals surface area contributed by atoms with E-state index in [-0.39, 0.29) is 11.5 Å². The molecule has 3 N–H and O–H groups in total. The Labute approximate surface area is 211 Å². The topological polar surface area (TPSA) is 112 Å². The van der Waals surface area contributed by atoms with E-state index in [0.29, 0.717) is 27.2 Å². The van der Waals surface area contributed by atoms with Crippen LogP contribution in [0.2, 0.25) is 5.02 Å². The van der Waals surface area contributed by atoms with Gasteiger partial charge in [0.2, 0.25) is 0 Å². The number of nitrogens with zero attached hydrogens (tertiary/aromatic N) is 3. The average Bonchev–Trinajstić information content (AvgIpc) is 3.38. The molecule has 1 aromatic heterocycles. The van der Waals surface area contributed by atoms with Crippen LogP contribution < -0.4 is 10.7 Å². The smallest absolute Gasteiger partial charge is 0.273 e. The highest BCUT2D eigenvalue weighted by molar-refractivity contribution is 7.98. The number of carbonyl (C=O) groups is 2. The predicted molar refractivity (Wildman–Crippen MR) is 138 cm³/mol. The van der Waals surface area contributed by atoms with Crippen LogP contribution in [0.25, 0.3) is 0 Å². The van der Waals surface area contributed by atoms with Gasteiger partial charge >= 0.3 is 0 Å². The summed E-state index contributed by atoms with van der Waals surface area (Å²) >= 11 is 7.59. The first kappa shape index (κ1) is 24.2. The van der Waals surface area contributed by atoms with Gasteiger partial charge in [-0.15, -0.1) is 0 Å². The molecule has 8 nitrogen and oxygen atoms in total. The number of amides is 2. The number of benzene rings is 3. The van der Waals surface area contributed by atoms with E-state index in [9.17, 15) is 9.59 Å². The quantitative estimate of drug-likeness (QED) is 0.176. The van der Waals surface area contributed by atoms with Crippen LogP contribution in [0, 0.1) is 6.92 Å². The standard InChI is InChI=1S/C25H21ClN6O2S/c1-16-4-2-5-17(10-16)13-28-31-24(34)21-12-20(26)8-9-22(21)30-23(33)19-7-3-6-18(11-19)14-35-25-27-15-29-32-25/h2-13,15H,14H2,1H3,(H,30,33)(H,31,34)(H,27,29,32)/b28-13+. The molecule has 4 rings (SSSR count). The number of rotatable bonds is 8. The Morgan fingerprint density at radius 2 is 1.94 bits per heavy atom. The van der Waals surface area contributed by atoms with E-state index in [0.717, 1.165) is 16.7 Å². The number of hydrogen-bond acceptors (Lipinski definition) is 6. The molecule has 0 saturated heterocycles. The number of nitrogens with one attached hydrogen (secondary N) is 3. The molecule has 0 unspecified atom stereocenters. The molecule has 176 valence electrons. The van der Waals surface area contributed by atoms with Crippen LogP contribution in [0.4, 0.5) is 5.69 Å². The third-order valence-electron chi connectivity index (χ3n) is 4.85. The monoisotopic (exact) mass is 504 g/mol. The highest BCUT2D eigenvalue weighted by atomic mass is 35.5. The molecule has 2 amide bonds. The average molecular weight is 505 g/mol. The lowest BCUT2D eigenvalue weighted by Crippen LogP contribution is -2.21. The van der Waals surface area contributed by atoms with Crippen LogP contribution in [0.15, 0.2) is 83.3 Å². The maximum Gasteiger partial charge on any atom is 0.273 e. The number of hydrogen-bond donors (Lipinski definition) is 3. The van der Waals surface area contributed by atoms with Crippen LogP contribution in [0.5, 0.6) is 0 Å². The number of halogens is 1. The number of carbonyl (C=O) groups excluding carboxylic acids is 2. The first-order chi connectivity index (χ1) is 17.0. The van der Waals surface area contributed by atoms with Crippen molar-refractivity contribution < 1.29 is 9.59 Å². The van der Waals surface area contributed by atoms with Crippen molar-refractivity contribution in [2.24, 2.45) is 5.10 Å². The molecule has 0 saturated carbocycles. The van der Waals surface area contributed by atoms with Gasteiger partial charge in [0.15, 0.2) is 5.16 Å². The summed E-state index contributed by atoms with van der Waals surface area (Å²) in [5, 5.41) is 14.5. The molecule has 0 aliphatic carbocycles. The summed E-state index contributed by atoms with van der Waals surface area (Å²) in [7, 11) is 0. The summed E-state index contributed by atoms with van der Waals surface area (Å²) in [6.07, 6.45) is 3.00. The Bertz CT molecular complexity index is 1370. The summed E-state index contributed by atoms with van der Waals surface area (Å²) in [5.74, 6) is -0.232. The highest BCUT2D eigenvalue weighted by Gasteiger charge is 2.15. The molecular weight excluding hydrogens is 484 g/mol. The van der Waals surface area contributed by atoms with Crippen molar-refractivity contribution in [3.05, 3.63) is 106 Å². The van der Waals surface area contributed by atoms with E-state index in [1.54, 1.807) is 36.5 Å². The lowest BCUT2D eigenvalue weighted by molar-refractivity contribution is 0.0956. The van der Waals surface area contributed by atoms with Gasteiger partial charge in [0.05, 0.1) is 17.5 Å². The second kappa shape index (κ2) is 11.5. The van der Waals surface area contributed by atoms with Crippen LogP contribution in [-0.2, 0) is 5.75 Å². The SMILES string of the molecule is Cc1cccc(/C=N/NC(=O)c2cc(Cl)ccc2NC(=O)c2cccc(CSc3ncn[nH]3)c2)c1. The summed E-state index contributed by atoms with van der Waals surface area (Å²) in [4.78, 5) is 29.8. The molecule has 0 bridgehead atoms. The van der Waals surface area contributed by atoms with E-state index in [1.807, 2.05) is 37.3 Å². The molecule has 0 spiro atoms. The fraction of sp³-hybridized carbons (Fsp3) is 0.0800. The van der Waals surface area contributed by atoms with E-state index in [1.165, 1.54) is 24.2 Å². The second-order valence-electron chi connectivity index (χ2n) is 7.54. The van der Waals surface area contributed by atoms with Gasteiger partial charge in [-0.2, -0.15) is 10.2 Å². The zero-order valence-corrected chi connectivity index (χ0v) is 20.2. The van der Waals surface area contributed by atoms with Crippen LogP contribution in [-0.4, -0.2) is 33.2 Å². The number of hydrazone groups is 1. The number of aromatic nitrogens is 3. The van der Waals surface area contributed by atoms with Crippen LogP contribution in [0.1, 0.15) is 37.4 Å². The van der Waals surface area contributed by atoms with Gasteiger partial charge in [-0.05, 0) is 48.4 Å². The molecular formula is C25H21ClN6O2S. The van der Waals surface area contributed by atoms with Crippen molar-refractivity contribution in [2.45, 2.75) is 17.8 Å². The highest BCUT2D eigenvalue weighted by Crippen LogP contribution is 2.23. The summed E-state index contributed by atoms with van der Waals surface area (Å²) in [5.41, 5.74) is 6.35. The Balaban J connectivity index is 1.45. The van der Waals surface area contributed by atoms with Gasteiger partial charge in [0.25, 0.3) is 11.8 Å². The normalized spacial score (nSPS) is 10.9. The van der Waals surface area contributed by atoms with Gasteiger partial charge in [-0.1, -0.05) is 65.3 Å². The maximum atomic E-state index is 12.9. The third-order valence-corrected chi connectivity index (χ3v) is 6.04. The van der Waals surface area contributed by atoms with Gasteiger partial charge in [0, 0.05) is 16.3 Å². The number of aryl methyl sites for hydroxylation is 1. The van der Waals surface area contributed by atoms with E-state index < -0.39 is 5.91 Å². The zero-order chi connectivity index (χ0) is 24.6. The number of thioether (sulfide) groups is 1. The Hall–Kier alpha value is -3.95. The third kappa shape index (κ3) is 6.78. The molecule has 3 aromatic carbocycles. The summed E-state index contributed by atoms with van der Waals surface area (Å²) < 4.78 is 0. The molecule has 10 heteroatoms. The minimum Gasteiger partial charge on any atom is -0.321 e. The van der Waals surface area contributed by atoms with E-state index in [4.69, 9.17) is 11.6 Å². The summed E-state index contributed by atoms with van der Waals surface area (Å²) in [6.45, 7) is 1.97. The number of aromatic amines is 1. The van der Waals surface area contributed by atoms with Gasteiger partial charge < -0.3 is 5.32 Å². The lowest BCUT2D eigenvalue weighted by Gasteiger charge is -2.11. The van der Waals surface area contributed by atoms with E-state index in [2.05, 4.69) is 31.0 Å². The molecule has 0 fully saturated rings. The summed E-state index contributed by atoms with van der Waals surface area (Å²) in [6, 6.07) is 19.6. The molecule has 35 heavy (non-hydrogen) atoms. The fourth-order valence-corrected chi connectivity index (χ4v) is 4.10. The Kier molecular flexibility index (Phi) is 7.92. The van der Waals surface area contributed by atoms with E-state index >= 15 is 0 Å². The number of anilines is 1. The minimum absolute atomic E-state index is 0.198.